The smallest absolute Gasteiger partial charge is 0.167 e. The summed E-state index contributed by atoms with van der Waals surface area (Å²) in [7, 11) is 0. The van der Waals surface area contributed by atoms with Gasteiger partial charge in [-0.05, 0) is 36.2 Å². The van der Waals surface area contributed by atoms with Gasteiger partial charge in [0, 0.05) is 34.4 Å². The van der Waals surface area contributed by atoms with E-state index >= 15 is 0 Å². The second kappa shape index (κ2) is 5.51. The molecule has 4 heteroatoms. The second-order valence-corrected chi connectivity index (χ2v) is 4.81. The summed E-state index contributed by atoms with van der Waals surface area (Å²) in [5, 5.41) is 1.03. The van der Waals surface area contributed by atoms with Gasteiger partial charge < -0.3 is 0 Å². The molecular weight excluding hydrogens is 269 g/mol. The first kappa shape index (κ1) is 13.1. The Morgan fingerprint density at radius 2 is 1.89 bits per heavy atom. The van der Waals surface area contributed by atoms with Gasteiger partial charge in [-0.25, -0.2) is 0 Å². The number of hydrogen-bond acceptors (Lipinski definition) is 2. The topological polar surface area (TPSA) is 30.0 Å². The molecule has 0 aliphatic rings. The van der Waals surface area contributed by atoms with Gasteiger partial charge in [0.05, 0.1) is 0 Å². The van der Waals surface area contributed by atoms with Crippen LogP contribution >= 0.6 is 23.2 Å². The molecule has 1 heterocycles. The Balaban J connectivity index is 2.30. The van der Waals surface area contributed by atoms with Crippen molar-refractivity contribution in [2.75, 3.05) is 0 Å². The minimum Gasteiger partial charge on any atom is -0.294 e. The Morgan fingerprint density at radius 1 is 1.22 bits per heavy atom. The summed E-state index contributed by atoms with van der Waals surface area (Å²) in [6.45, 7) is 1.86. The third kappa shape index (κ3) is 2.71. The van der Waals surface area contributed by atoms with E-state index in [1.54, 1.807) is 36.7 Å². The Bertz CT molecular complexity index is 576. The molecule has 1 aromatic carbocycles. The van der Waals surface area contributed by atoms with Crippen molar-refractivity contribution in [3.05, 3.63) is 63.4 Å². The third-order valence-electron chi connectivity index (χ3n) is 2.72. The zero-order chi connectivity index (χ0) is 13.1. The summed E-state index contributed by atoms with van der Waals surface area (Å²) in [6, 6.07) is 6.93. The van der Waals surface area contributed by atoms with E-state index in [2.05, 4.69) is 4.98 Å². The van der Waals surface area contributed by atoms with Gasteiger partial charge in [0.2, 0.25) is 0 Å². The molecule has 0 amide bonds. The number of ketones is 1. The molecule has 0 atom stereocenters. The largest absolute Gasteiger partial charge is 0.294 e. The van der Waals surface area contributed by atoms with E-state index in [1.807, 2.05) is 6.92 Å². The number of carbonyl (C=O) groups is 1. The van der Waals surface area contributed by atoms with Crippen molar-refractivity contribution in [2.24, 2.45) is 0 Å². The third-order valence-corrected chi connectivity index (χ3v) is 3.43. The molecular formula is C14H11Cl2NO. The maximum Gasteiger partial charge on any atom is 0.167 e. The van der Waals surface area contributed by atoms with Crippen LogP contribution in [-0.2, 0) is 6.42 Å². The average Bonchev–Trinajstić information content (AvgIpc) is 2.34. The van der Waals surface area contributed by atoms with Crippen molar-refractivity contribution in [2.45, 2.75) is 13.3 Å². The molecule has 2 nitrogen and oxygen atoms in total. The van der Waals surface area contributed by atoms with Gasteiger partial charge >= 0.3 is 0 Å². The van der Waals surface area contributed by atoms with Crippen molar-refractivity contribution in [3.63, 3.8) is 0 Å². The minimum atomic E-state index is -0.00935. The highest BCUT2D eigenvalue weighted by Crippen LogP contribution is 2.26. The van der Waals surface area contributed by atoms with Gasteiger partial charge in [-0.15, -0.1) is 0 Å². The number of nitrogens with zero attached hydrogens (tertiary/aromatic N) is 1. The van der Waals surface area contributed by atoms with Crippen molar-refractivity contribution >= 4 is 29.0 Å². The van der Waals surface area contributed by atoms with Crippen LogP contribution in [0.4, 0.5) is 0 Å². The second-order valence-electron chi connectivity index (χ2n) is 3.99. The van der Waals surface area contributed by atoms with E-state index in [-0.39, 0.29) is 12.2 Å². The van der Waals surface area contributed by atoms with Crippen LogP contribution in [-0.4, -0.2) is 10.8 Å². The lowest BCUT2D eigenvalue weighted by molar-refractivity contribution is 0.0992. The van der Waals surface area contributed by atoms with E-state index in [0.29, 0.717) is 21.2 Å². The number of pyridine rings is 1. The number of aromatic nitrogens is 1. The van der Waals surface area contributed by atoms with Crippen molar-refractivity contribution in [1.29, 1.82) is 0 Å². The summed E-state index contributed by atoms with van der Waals surface area (Å²) in [4.78, 5) is 16.2. The quantitative estimate of drug-likeness (QED) is 0.791. The first-order chi connectivity index (χ1) is 8.59. The monoisotopic (exact) mass is 279 g/mol. The summed E-state index contributed by atoms with van der Waals surface area (Å²) in [5.41, 5.74) is 2.17. The van der Waals surface area contributed by atoms with Gasteiger partial charge in [0.25, 0.3) is 0 Å². The molecule has 0 fully saturated rings. The molecule has 1 aromatic heterocycles. The number of benzene rings is 1. The fourth-order valence-corrected chi connectivity index (χ4v) is 2.27. The predicted octanol–water partition coefficient (Wildman–Crippen LogP) is 4.12. The highest BCUT2D eigenvalue weighted by molar-refractivity contribution is 6.36. The SMILES string of the molecule is Cc1cnccc1C(=O)Cc1c(Cl)cccc1Cl. The zero-order valence-corrected chi connectivity index (χ0v) is 11.3. The Hall–Kier alpha value is -1.38. The van der Waals surface area contributed by atoms with Crippen LogP contribution in [0.3, 0.4) is 0 Å². The normalized spacial score (nSPS) is 10.4. The Kier molecular flexibility index (Phi) is 4.00. The Morgan fingerprint density at radius 3 is 2.50 bits per heavy atom. The van der Waals surface area contributed by atoms with Crippen LogP contribution in [0.1, 0.15) is 21.5 Å². The van der Waals surface area contributed by atoms with E-state index in [1.165, 1.54) is 0 Å². The summed E-state index contributed by atoms with van der Waals surface area (Å²) >= 11 is 12.1. The zero-order valence-electron chi connectivity index (χ0n) is 9.78. The van der Waals surface area contributed by atoms with E-state index in [0.717, 1.165) is 5.56 Å². The Labute approximate surface area is 116 Å². The molecule has 0 N–H and O–H groups in total. The molecule has 0 saturated heterocycles. The van der Waals surface area contributed by atoms with E-state index in [9.17, 15) is 4.79 Å². The maximum atomic E-state index is 12.2. The molecule has 0 saturated carbocycles. The molecule has 0 bridgehead atoms. The number of carbonyl (C=O) groups excluding carboxylic acids is 1. The molecule has 0 unspecified atom stereocenters. The first-order valence-electron chi connectivity index (χ1n) is 5.46. The minimum absolute atomic E-state index is 0.00935. The highest BCUT2D eigenvalue weighted by Gasteiger charge is 2.14. The lowest BCUT2D eigenvalue weighted by Crippen LogP contribution is -2.06. The van der Waals surface area contributed by atoms with Gasteiger partial charge in [-0.3, -0.25) is 9.78 Å². The highest BCUT2D eigenvalue weighted by atomic mass is 35.5. The van der Waals surface area contributed by atoms with Crippen molar-refractivity contribution < 1.29 is 4.79 Å². The van der Waals surface area contributed by atoms with Gasteiger partial charge in [0.15, 0.2) is 5.78 Å². The average molecular weight is 280 g/mol. The predicted molar refractivity (Wildman–Crippen MR) is 73.5 cm³/mol. The number of Topliss-reactive ketones (excluding diaryl/α,β-unsaturated/α-hetero) is 1. The van der Waals surface area contributed by atoms with E-state index in [4.69, 9.17) is 23.2 Å². The molecule has 0 aliphatic heterocycles. The molecule has 92 valence electrons. The van der Waals surface area contributed by atoms with Crippen LogP contribution in [0.15, 0.2) is 36.7 Å². The maximum absolute atomic E-state index is 12.2. The number of halogens is 2. The first-order valence-corrected chi connectivity index (χ1v) is 6.22. The number of aryl methyl sites for hydroxylation is 1. The van der Waals surface area contributed by atoms with Gasteiger partial charge in [-0.2, -0.15) is 0 Å². The standard InChI is InChI=1S/C14H11Cl2NO/c1-9-8-17-6-5-10(9)14(18)7-11-12(15)3-2-4-13(11)16/h2-6,8H,7H2,1H3. The molecule has 2 rings (SSSR count). The van der Waals surface area contributed by atoms with Crippen molar-refractivity contribution in [1.82, 2.24) is 4.98 Å². The summed E-state index contributed by atoms with van der Waals surface area (Å²) in [6.07, 6.45) is 3.47. The molecule has 2 aromatic rings. The summed E-state index contributed by atoms with van der Waals surface area (Å²) < 4.78 is 0. The fourth-order valence-electron chi connectivity index (χ4n) is 1.74. The van der Waals surface area contributed by atoms with Crippen LogP contribution in [0.2, 0.25) is 10.0 Å². The van der Waals surface area contributed by atoms with E-state index < -0.39 is 0 Å². The lowest BCUT2D eigenvalue weighted by Gasteiger charge is -2.07. The molecule has 18 heavy (non-hydrogen) atoms. The van der Waals surface area contributed by atoms with Crippen LogP contribution in [0.5, 0.6) is 0 Å². The van der Waals surface area contributed by atoms with Crippen LogP contribution in [0, 0.1) is 6.92 Å². The number of rotatable bonds is 3. The fraction of sp³-hybridized carbons (Fsp3) is 0.143. The molecule has 0 spiro atoms. The molecule has 0 aliphatic carbocycles. The molecule has 0 radical (unpaired) electrons. The van der Waals surface area contributed by atoms with Gasteiger partial charge in [0.1, 0.15) is 0 Å². The van der Waals surface area contributed by atoms with Crippen LogP contribution < -0.4 is 0 Å². The van der Waals surface area contributed by atoms with Crippen LogP contribution in [0.25, 0.3) is 0 Å². The summed E-state index contributed by atoms with van der Waals surface area (Å²) in [5.74, 6) is -0.00935. The number of hydrogen-bond donors (Lipinski definition) is 0. The lowest BCUT2D eigenvalue weighted by atomic mass is 10.0. The van der Waals surface area contributed by atoms with Crippen molar-refractivity contribution in [3.8, 4) is 0 Å². The van der Waals surface area contributed by atoms with Gasteiger partial charge in [-0.1, -0.05) is 29.3 Å².